The smallest absolute Gasteiger partial charge is 0.419 e. The van der Waals surface area contributed by atoms with E-state index in [0.717, 1.165) is 25.7 Å². The van der Waals surface area contributed by atoms with Crippen molar-refractivity contribution in [2.45, 2.75) is 130 Å². The topological polar surface area (TPSA) is 58.5 Å². The van der Waals surface area contributed by atoms with Crippen molar-refractivity contribution in [3.05, 3.63) is 53.1 Å². The average molecular weight is 644 g/mol. The summed E-state index contributed by atoms with van der Waals surface area (Å²) >= 11 is 0. The summed E-state index contributed by atoms with van der Waals surface area (Å²) in [7, 11) is -1.70. The first kappa shape index (κ1) is 38.3. The summed E-state index contributed by atoms with van der Waals surface area (Å²) in [5, 5.41) is 0. The number of nitrogens with zero attached hydrogens (tertiary/aromatic N) is 1. The molecule has 0 N–H and O–H groups in total. The largest absolute Gasteiger partial charge is 0.493 e. The van der Waals surface area contributed by atoms with E-state index >= 15 is 0 Å². The normalized spacial score (nSPS) is 18.3. The fraction of sp³-hybridized carbons (Fsp3) is 0.676. The molecule has 0 saturated carbocycles. The van der Waals surface area contributed by atoms with Crippen LogP contribution in [0.1, 0.15) is 112 Å². The van der Waals surface area contributed by atoms with Crippen LogP contribution >= 0.6 is 8.60 Å². The van der Waals surface area contributed by atoms with Gasteiger partial charge in [-0.3, -0.25) is 0 Å². The molecule has 1 aromatic rings. The van der Waals surface area contributed by atoms with Crippen LogP contribution in [0, 0.1) is 0 Å². The SMILES string of the molecule is C/C=C(\C=C/CC)CCCCCOc1ccc(CCC2(COP(OC(C)(C)C)OC(C)(C)C)COC(C)=N2)cc1C(F)(F)F. The number of allylic oxidation sites excluding steroid dienone is 4. The molecule has 0 aliphatic carbocycles. The standard InChI is InChI=1S/C34H53F3NO5P/c1-10-12-16-27(11-2)17-14-13-15-22-39-30-19-18-28(23-29(30)34(35,36)37)20-21-33(24-40-26(3)38-33)25-41-44(42-31(4,5)6)43-32(7,8)9/h11-12,16,18-19,23H,10,13-15,17,20-22,24-25H2,1-9H3/b16-12-,27-11+. The molecule has 1 unspecified atom stereocenters. The van der Waals surface area contributed by atoms with Gasteiger partial charge in [0.15, 0.2) is 5.90 Å². The molecule has 0 bridgehead atoms. The number of hydrogen-bond acceptors (Lipinski definition) is 6. The Morgan fingerprint density at radius 1 is 1.05 bits per heavy atom. The van der Waals surface area contributed by atoms with Gasteiger partial charge in [-0.1, -0.05) is 36.8 Å². The second-order valence-electron chi connectivity index (χ2n) is 13.2. The minimum atomic E-state index is -4.53. The molecule has 1 aromatic carbocycles. The van der Waals surface area contributed by atoms with Gasteiger partial charge < -0.3 is 23.0 Å². The number of hydrogen-bond donors (Lipinski definition) is 0. The fourth-order valence-corrected chi connectivity index (χ4v) is 5.83. The second kappa shape index (κ2) is 17.1. The number of rotatable bonds is 17. The van der Waals surface area contributed by atoms with Crippen LogP contribution < -0.4 is 4.74 Å². The maximum Gasteiger partial charge on any atom is 0.419 e. The van der Waals surface area contributed by atoms with Crippen molar-refractivity contribution in [1.82, 2.24) is 0 Å². The number of benzene rings is 1. The van der Waals surface area contributed by atoms with E-state index in [1.54, 1.807) is 13.0 Å². The van der Waals surface area contributed by atoms with Crippen LogP contribution in [-0.2, 0) is 30.9 Å². The Kier molecular flexibility index (Phi) is 14.9. The molecule has 1 aliphatic rings. The van der Waals surface area contributed by atoms with Crippen LogP contribution in [0.3, 0.4) is 0 Å². The monoisotopic (exact) mass is 643 g/mol. The fourth-order valence-electron chi connectivity index (χ4n) is 4.44. The minimum absolute atomic E-state index is 0.137. The Morgan fingerprint density at radius 2 is 1.73 bits per heavy atom. The zero-order chi connectivity index (χ0) is 33.0. The lowest BCUT2D eigenvalue weighted by molar-refractivity contribution is -0.139. The molecule has 0 spiro atoms. The Bertz CT molecular complexity index is 1110. The minimum Gasteiger partial charge on any atom is -0.493 e. The van der Waals surface area contributed by atoms with Gasteiger partial charge >= 0.3 is 14.8 Å². The van der Waals surface area contributed by atoms with Crippen molar-refractivity contribution in [2.75, 3.05) is 19.8 Å². The summed E-state index contributed by atoms with van der Waals surface area (Å²) in [5.74, 6) is 0.382. The molecular formula is C34H53F3NO5P. The molecule has 0 radical (unpaired) electrons. The summed E-state index contributed by atoms with van der Waals surface area (Å²) in [4.78, 5) is 4.70. The molecule has 0 fully saturated rings. The van der Waals surface area contributed by atoms with E-state index in [-0.39, 0.29) is 25.6 Å². The van der Waals surface area contributed by atoms with Gasteiger partial charge in [0.05, 0.1) is 30.0 Å². The molecule has 0 saturated heterocycles. The van der Waals surface area contributed by atoms with Crippen molar-refractivity contribution in [3.8, 4) is 5.75 Å². The number of aliphatic imine (C=N–C) groups is 1. The summed E-state index contributed by atoms with van der Waals surface area (Å²) in [6.07, 6.45) is 7.09. The van der Waals surface area contributed by atoms with Crippen LogP contribution in [0.2, 0.25) is 0 Å². The Labute approximate surface area is 264 Å². The highest BCUT2D eigenvalue weighted by Gasteiger charge is 2.39. The van der Waals surface area contributed by atoms with Crippen LogP contribution in [0.4, 0.5) is 13.2 Å². The van der Waals surface area contributed by atoms with Crippen LogP contribution in [0.15, 0.2) is 47.0 Å². The number of aryl methyl sites for hydroxylation is 1. The van der Waals surface area contributed by atoms with Crippen molar-refractivity contribution in [1.29, 1.82) is 0 Å². The molecule has 1 atom stereocenters. The Balaban J connectivity index is 2.05. The molecule has 1 aliphatic heterocycles. The predicted octanol–water partition coefficient (Wildman–Crippen LogP) is 10.6. The van der Waals surface area contributed by atoms with Crippen LogP contribution in [-0.4, -0.2) is 42.5 Å². The van der Waals surface area contributed by atoms with E-state index in [4.69, 9.17) is 28.0 Å². The van der Waals surface area contributed by atoms with E-state index in [2.05, 4.69) is 25.2 Å². The first-order chi connectivity index (χ1) is 20.5. The summed E-state index contributed by atoms with van der Waals surface area (Å²) in [5.41, 5.74) is -0.686. The molecule has 6 nitrogen and oxygen atoms in total. The highest BCUT2D eigenvalue weighted by atomic mass is 31.2. The van der Waals surface area contributed by atoms with Gasteiger partial charge in [-0.15, -0.1) is 0 Å². The number of alkyl halides is 3. The van der Waals surface area contributed by atoms with Crippen molar-refractivity contribution < 1.29 is 36.2 Å². The lowest BCUT2D eigenvalue weighted by Crippen LogP contribution is -2.35. The highest BCUT2D eigenvalue weighted by molar-refractivity contribution is 7.41. The third-order valence-corrected chi connectivity index (χ3v) is 8.35. The number of halogens is 3. The molecule has 44 heavy (non-hydrogen) atoms. The van der Waals surface area contributed by atoms with E-state index in [0.29, 0.717) is 30.7 Å². The molecule has 1 heterocycles. The first-order valence-electron chi connectivity index (χ1n) is 15.6. The number of unbranched alkanes of at least 4 members (excludes halogenated alkanes) is 2. The first-order valence-corrected chi connectivity index (χ1v) is 16.7. The van der Waals surface area contributed by atoms with Crippen molar-refractivity contribution in [2.24, 2.45) is 4.99 Å². The van der Waals surface area contributed by atoms with Crippen molar-refractivity contribution >= 4 is 14.5 Å². The maximum absolute atomic E-state index is 14.1. The quantitative estimate of drug-likeness (QED) is 0.0960. The Hall–Kier alpha value is -1.93. The zero-order valence-corrected chi connectivity index (χ0v) is 29.0. The highest BCUT2D eigenvalue weighted by Crippen LogP contribution is 2.48. The summed E-state index contributed by atoms with van der Waals surface area (Å²) in [6.45, 7) is 18.1. The molecule has 10 heteroatoms. The molecular weight excluding hydrogens is 590 g/mol. The van der Waals surface area contributed by atoms with Gasteiger partial charge in [-0.05, 0) is 111 Å². The third kappa shape index (κ3) is 14.4. The molecule has 250 valence electrons. The van der Waals surface area contributed by atoms with E-state index in [9.17, 15) is 13.2 Å². The van der Waals surface area contributed by atoms with Gasteiger partial charge in [0.25, 0.3) is 0 Å². The van der Waals surface area contributed by atoms with Gasteiger partial charge in [-0.25, -0.2) is 4.99 Å². The van der Waals surface area contributed by atoms with Crippen molar-refractivity contribution in [3.63, 3.8) is 0 Å². The lowest BCUT2D eigenvalue weighted by Gasteiger charge is -2.32. The second-order valence-corrected chi connectivity index (χ2v) is 14.3. The van der Waals surface area contributed by atoms with Gasteiger partial charge in [0.2, 0.25) is 0 Å². The predicted molar refractivity (Wildman–Crippen MR) is 173 cm³/mol. The summed E-state index contributed by atoms with van der Waals surface area (Å²) in [6, 6.07) is 4.32. The summed E-state index contributed by atoms with van der Waals surface area (Å²) < 4.78 is 71.7. The number of ether oxygens (including phenoxy) is 2. The van der Waals surface area contributed by atoms with Crippen LogP contribution in [0.5, 0.6) is 5.75 Å². The Morgan fingerprint density at radius 3 is 2.27 bits per heavy atom. The molecule has 0 aromatic heterocycles. The van der Waals surface area contributed by atoms with Crippen LogP contribution in [0.25, 0.3) is 0 Å². The third-order valence-electron chi connectivity index (χ3n) is 6.61. The maximum atomic E-state index is 14.1. The average Bonchev–Trinajstić information content (AvgIpc) is 3.28. The van der Waals surface area contributed by atoms with E-state index in [1.807, 2.05) is 48.5 Å². The zero-order valence-electron chi connectivity index (χ0n) is 28.1. The molecule has 0 amide bonds. The van der Waals surface area contributed by atoms with E-state index in [1.165, 1.54) is 17.7 Å². The van der Waals surface area contributed by atoms with Gasteiger partial charge in [-0.2, -0.15) is 13.2 Å². The van der Waals surface area contributed by atoms with E-state index < -0.39 is 37.1 Å². The molecule has 2 rings (SSSR count). The van der Waals surface area contributed by atoms with Gasteiger partial charge in [0.1, 0.15) is 17.9 Å². The lowest BCUT2D eigenvalue weighted by atomic mass is 9.93. The van der Waals surface area contributed by atoms with Gasteiger partial charge in [0, 0.05) is 6.92 Å².